The largest absolute Gasteiger partial charge is 0.508 e. The van der Waals surface area contributed by atoms with Gasteiger partial charge in [0, 0.05) is 20.0 Å². The molecule has 0 amide bonds. The maximum absolute atomic E-state index is 12.9. The lowest BCUT2D eigenvalue weighted by molar-refractivity contribution is -0.150. The molecule has 2 N–H and O–H groups in total. The fraction of sp³-hybridized carbons (Fsp3) is 0.880. The number of carbonyl (C=O) groups excluding carboxylic acids is 2. The molecule has 1 atom stereocenters. The van der Waals surface area contributed by atoms with Crippen molar-refractivity contribution in [3.63, 3.8) is 0 Å². The summed E-state index contributed by atoms with van der Waals surface area (Å²) in [7, 11) is 1.66. The quantitative estimate of drug-likeness (QED) is 0.0373. The van der Waals surface area contributed by atoms with Gasteiger partial charge in [0.1, 0.15) is 17.5 Å². The van der Waals surface area contributed by atoms with Crippen LogP contribution in [-0.2, 0) is 19.0 Å². The number of rotatable bonds is 44. The second-order valence-corrected chi connectivity index (χ2v) is 17.7. The number of ether oxygens (including phenoxy) is 3. The van der Waals surface area contributed by atoms with Gasteiger partial charge < -0.3 is 29.7 Å². The molecule has 1 aromatic rings. The number of unbranched alkanes of at least 4 members (excludes halogenated alkanes) is 21. The van der Waals surface area contributed by atoms with Crippen molar-refractivity contribution in [3.8, 4) is 0 Å². The lowest BCUT2D eigenvalue weighted by Crippen LogP contribution is -2.37. The number of nitrogens with one attached hydrogen (secondary N) is 2. The summed E-state index contributed by atoms with van der Waals surface area (Å²) in [5.41, 5.74) is -0.104. The first-order valence-corrected chi connectivity index (χ1v) is 25.2. The van der Waals surface area contributed by atoms with E-state index in [4.69, 9.17) is 14.2 Å². The van der Waals surface area contributed by atoms with Gasteiger partial charge >= 0.3 is 12.1 Å². The Morgan fingerprint density at radius 3 is 1.60 bits per heavy atom. The molecular weight excluding hydrogens is 755 g/mol. The number of hydrogen-bond donors (Lipinski definition) is 2. The highest BCUT2D eigenvalue weighted by atomic mass is 16.7. The third-order valence-corrected chi connectivity index (χ3v) is 11.9. The Bertz CT molecular complexity index is 1220. The molecule has 0 bridgehead atoms. The Labute approximate surface area is 367 Å². The molecule has 0 heterocycles. The summed E-state index contributed by atoms with van der Waals surface area (Å²) in [5.74, 6) is 0.261. The molecule has 0 aliphatic carbocycles. The van der Waals surface area contributed by atoms with Crippen molar-refractivity contribution >= 4 is 23.5 Å². The number of anilines is 2. The lowest BCUT2D eigenvalue weighted by Gasteiger charge is -2.23. The Morgan fingerprint density at radius 2 is 1.02 bits per heavy atom. The standard InChI is InChI=1S/C50H93N3O7/c1-6-9-12-15-18-24-31-41-58-50(57)59-42-43(4)33-28-30-39-53(40-32-37-52-47-46(51-5)48(55)49(47)56)38-29-23-19-22-27-36-45(54)60-44(34-25-20-16-13-10-7-2)35-26-21-17-14-11-8-3/h43-44,51-52H,6-42H2,1-5H3. The van der Waals surface area contributed by atoms with Crippen LogP contribution in [0.2, 0.25) is 0 Å². The highest BCUT2D eigenvalue weighted by molar-refractivity contribution is 5.73. The first-order valence-electron chi connectivity index (χ1n) is 25.2. The van der Waals surface area contributed by atoms with Crippen LogP contribution in [0.3, 0.4) is 0 Å². The van der Waals surface area contributed by atoms with Crippen molar-refractivity contribution in [3.05, 3.63) is 20.4 Å². The van der Waals surface area contributed by atoms with Crippen LogP contribution in [0.25, 0.3) is 0 Å². The molecule has 10 heteroatoms. The van der Waals surface area contributed by atoms with Gasteiger partial charge in [0.25, 0.3) is 10.9 Å². The lowest BCUT2D eigenvalue weighted by atomic mass is 10.0. The van der Waals surface area contributed by atoms with E-state index in [9.17, 15) is 19.2 Å². The van der Waals surface area contributed by atoms with E-state index in [1.807, 2.05) is 0 Å². The van der Waals surface area contributed by atoms with Gasteiger partial charge in [-0.25, -0.2) is 4.79 Å². The minimum absolute atomic E-state index is 0.0121. The summed E-state index contributed by atoms with van der Waals surface area (Å²) in [5, 5.41) is 6.00. The molecule has 0 saturated heterocycles. The third kappa shape index (κ3) is 29.6. The number of esters is 1. The molecule has 0 aliphatic heterocycles. The van der Waals surface area contributed by atoms with Crippen LogP contribution in [-0.4, -0.2) is 69.6 Å². The van der Waals surface area contributed by atoms with Crippen LogP contribution in [0.15, 0.2) is 9.59 Å². The molecule has 10 nitrogen and oxygen atoms in total. The zero-order chi connectivity index (χ0) is 43.9. The van der Waals surface area contributed by atoms with Gasteiger partial charge in [-0.15, -0.1) is 0 Å². The zero-order valence-electron chi connectivity index (χ0n) is 39.6. The van der Waals surface area contributed by atoms with E-state index in [1.165, 1.54) is 96.3 Å². The van der Waals surface area contributed by atoms with Crippen molar-refractivity contribution in [2.75, 3.05) is 57.1 Å². The molecule has 0 aromatic heterocycles. The highest BCUT2D eigenvalue weighted by Gasteiger charge is 2.19. The summed E-state index contributed by atoms with van der Waals surface area (Å²) in [4.78, 5) is 51.2. The number of nitrogens with zero attached hydrogens (tertiary/aromatic N) is 1. The monoisotopic (exact) mass is 848 g/mol. The van der Waals surface area contributed by atoms with E-state index in [2.05, 4.69) is 43.2 Å². The smallest absolute Gasteiger partial charge is 0.462 e. The Kier molecular flexibility index (Phi) is 36.2. The molecule has 0 aliphatic rings. The summed E-state index contributed by atoms with van der Waals surface area (Å²) in [6.07, 6.45) is 34.7. The summed E-state index contributed by atoms with van der Waals surface area (Å²) in [6, 6.07) is 0. The van der Waals surface area contributed by atoms with Crippen molar-refractivity contribution in [2.24, 2.45) is 5.92 Å². The van der Waals surface area contributed by atoms with E-state index in [1.54, 1.807) is 7.05 Å². The van der Waals surface area contributed by atoms with Gasteiger partial charge in [0.2, 0.25) is 0 Å². The van der Waals surface area contributed by atoms with E-state index < -0.39 is 17.0 Å². The van der Waals surface area contributed by atoms with Gasteiger partial charge in [-0.3, -0.25) is 14.4 Å². The van der Waals surface area contributed by atoms with Crippen molar-refractivity contribution < 1.29 is 23.8 Å². The average molecular weight is 848 g/mol. The number of hydrogen-bond acceptors (Lipinski definition) is 10. The van der Waals surface area contributed by atoms with Crippen LogP contribution in [0, 0.1) is 5.92 Å². The second-order valence-electron chi connectivity index (χ2n) is 17.7. The molecule has 0 fully saturated rings. The van der Waals surface area contributed by atoms with Crippen molar-refractivity contribution in [1.82, 2.24) is 4.90 Å². The summed E-state index contributed by atoms with van der Waals surface area (Å²) < 4.78 is 16.7. The molecule has 350 valence electrons. The van der Waals surface area contributed by atoms with Gasteiger partial charge in [0.15, 0.2) is 0 Å². The van der Waals surface area contributed by atoms with Crippen LogP contribution in [0.5, 0.6) is 0 Å². The zero-order valence-corrected chi connectivity index (χ0v) is 39.6. The predicted octanol–water partition coefficient (Wildman–Crippen LogP) is 12.9. The SMILES string of the molecule is CCCCCCCCCOC(=O)OCC(C)CCCCN(CCCCCCCC(=O)OC(CCCCCCCC)CCCCCCCC)CCCNc1c(NC)c(=O)c1=O. The Morgan fingerprint density at radius 1 is 0.550 bits per heavy atom. The minimum atomic E-state index is -0.552. The van der Waals surface area contributed by atoms with Crippen LogP contribution < -0.4 is 21.5 Å². The van der Waals surface area contributed by atoms with Gasteiger partial charge in [0.05, 0.1) is 13.2 Å². The molecule has 0 spiro atoms. The fourth-order valence-electron chi connectivity index (χ4n) is 7.98. The first-order chi connectivity index (χ1) is 29.3. The van der Waals surface area contributed by atoms with Crippen LogP contribution >= 0.6 is 0 Å². The summed E-state index contributed by atoms with van der Waals surface area (Å²) >= 11 is 0. The maximum atomic E-state index is 12.9. The molecule has 60 heavy (non-hydrogen) atoms. The predicted molar refractivity (Wildman–Crippen MR) is 252 cm³/mol. The Hall–Kier alpha value is -2.62. The molecule has 1 rings (SSSR count). The first kappa shape index (κ1) is 55.4. The van der Waals surface area contributed by atoms with E-state index in [-0.39, 0.29) is 18.0 Å². The number of carbonyl (C=O) groups is 2. The van der Waals surface area contributed by atoms with Gasteiger partial charge in [-0.05, 0) is 89.8 Å². The fourth-order valence-corrected chi connectivity index (χ4v) is 7.98. The molecule has 0 radical (unpaired) electrons. The molecule has 1 aromatic carbocycles. The van der Waals surface area contributed by atoms with E-state index >= 15 is 0 Å². The normalized spacial score (nSPS) is 12.1. The summed E-state index contributed by atoms with van der Waals surface area (Å²) in [6.45, 7) is 13.2. The van der Waals surface area contributed by atoms with Crippen molar-refractivity contribution in [2.45, 2.75) is 233 Å². The average Bonchev–Trinajstić information content (AvgIpc) is 3.24. The molecule has 1 unspecified atom stereocenters. The third-order valence-electron chi connectivity index (χ3n) is 11.9. The second kappa shape index (κ2) is 39.2. The highest BCUT2D eigenvalue weighted by Crippen LogP contribution is 2.19. The van der Waals surface area contributed by atoms with Crippen LogP contribution in [0.4, 0.5) is 16.2 Å². The van der Waals surface area contributed by atoms with Crippen LogP contribution in [0.1, 0.15) is 227 Å². The van der Waals surface area contributed by atoms with Gasteiger partial charge in [-0.1, -0.05) is 156 Å². The van der Waals surface area contributed by atoms with Gasteiger partial charge in [-0.2, -0.15) is 0 Å². The van der Waals surface area contributed by atoms with E-state index in [0.29, 0.717) is 37.6 Å². The topological polar surface area (TPSA) is 123 Å². The Balaban J connectivity index is 2.41. The maximum Gasteiger partial charge on any atom is 0.508 e. The minimum Gasteiger partial charge on any atom is -0.462 e. The molecular formula is C50H93N3O7. The van der Waals surface area contributed by atoms with Crippen molar-refractivity contribution in [1.29, 1.82) is 0 Å². The molecule has 0 saturated carbocycles. The van der Waals surface area contributed by atoms with E-state index in [0.717, 1.165) is 116 Å².